The predicted octanol–water partition coefficient (Wildman–Crippen LogP) is 4.64. The molecule has 0 spiro atoms. The Morgan fingerprint density at radius 2 is 1.81 bits per heavy atom. The molecule has 1 aromatic heterocycles. The molecule has 1 unspecified atom stereocenters. The van der Waals surface area contributed by atoms with Gasteiger partial charge in [-0.2, -0.15) is 0 Å². The number of hydrogen-bond acceptors (Lipinski definition) is 2. The van der Waals surface area contributed by atoms with Crippen LogP contribution in [0.1, 0.15) is 31.9 Å². The Hall–Kier alpha value is -1.54. The van der Waals surface area contributed by atoms with Gasteiger partial charge in [-0.15, -0.1) is 11.6 Å². The lowest BCUT2D eigenvalue weighted by Crippen LogP contribution is -2.24. The summed E-state index contributed by atoms with van der Waals surface area (Å²) in [6, 6.07) is 14.7. The Morgan fingerprint density at radius 3 is 2.33 bits per heavy atom. The Kier molecular flexibility index (Phi) is 5.24. The van der Waals surface area contributed by atoms with E-state index in [-0.39, 0.29) is 11.5 Å². The van der Waals surface area contributed by atoms with Crippen LogP contribution in [-0.4, -0.2) is 16.9 Å². The summed E-state index contributed by atoms with van der Waals surface area (Å²) < 4.78 is 0. The fraction of sp³-hybridized carbons (Fsp3) is 0.389. The van der Waals surface area contributed by atoms with Crippen LogP contribution < -0.4 is 5.32 Å². The maximum absolute atomic E-state index is 6.08. The van der Waals surface area contributed by atoms with E-state index in [0.29, 0.717) is 5.88 Å². The van der Waals surface area contributed by atoms with Gasteiger partial charge >= 0.3 is 0 Å². The number of anilines is 1. The van der Waals surface area contributed by atoms with E-state index in [1.54, 1.807) is 0 Å². The second-order valence-electron chi connectivity index (χ2n) is 6.37. The first-order valence-electron chi connectivity index (χ1n) is 7.32. The highest BCUT2D eigenvalue weighted by atomic mass is 35.5. The van der Waals surface area contributed by atoms with Gasteiger partial charge in [0.2, 0.25) is 0 Å². The normalized spacial score (nSPS) is 13.0. The molecule has 0 amide bonds. The summed E-state index contributed by atoms with van der Waals surface area (Å²) in [7, 11) is 0. The lowest BCUT2D eigenvalue weighted by atomic mass is 9.88. The van der Waals surface area contributed by atoms with Crippen molar-refractivity contribution in [3.8, 4) is 0 Å². The second-order valence-corrected chi connectivity index (χ2v) is 6.68. The standard InChI is InChI=1S/C18H23ClN2/c1-18(2,3)15-9-10-17(20-13-15)21-16(12-19)11-14-7-5-4-6-8-14/h4-10,13,16H,11-12H2,1-3H3,(H,20,21). The third-order valence-electron chi connectivity index (χ3n) is 3.49. The van der Waals surface area contributed by atoms with Crippen molar-refractivity contribution in [1.29, 1.82) is 0 Å². The monoisotopic (exact) mass is 302 g/mol. The summed E-state index contributed by atoms with van der Waals surface area (Å²) >= 11 is 6.08. The van der Waals surface area contributed by atoms with Crippen molar-refractivity contribution in [2.24, 2.45) is 0 Å². The topological polar surface area (TPSA) is 24.9 Å². The third kappa shape index (κ3) is 4.75. The fourth-order valence-corrected chi connectivity index (χ4v) is 2.36. The molecule has 1 atom stereocenters. The van der Waals surface area contributed by atoms with Crippen LogP contribution in [0.2, 0.25) is 0 Å². The average Bonchev–Trinajstić information content (AvgIpc) is 2.47. The highest BCUT2D eigenvalue weighted by Gasteiger charge is 2.14. The molecule has 1 N–H and O–H groups in total. The van der Waals surface area contributed by atoms with Crippen molar-refractivity contribution in [3.05, 3.63) is 59.8 Å². The molecule has 3 heteroatoms. The SMILES string of the molecule is CC(C)(C)c1ccc(NC(CCl)Cc2ccccc2)nc1. The zero-order valence-electron chi connectivity index (χ0n) is 12.9. The number of alkyl halides is 1. The fourth-order valence-electron chi connectivity index (χ4n) is 2.17. The van der Waals surface area contributed by atoms with E-state index in [1.165, 1.54) is 11.1 Å². The van der Waals surface area contributed by atoms with Crippen molar-refractivity contribution < 1.29 is 0 Å². The first kappa shape index (κ1) is 15.8. The molecular weight excluding hydrogens is 280 g/mol. The molecule has 2 rings (SSSR count). The highest BCUT2D eigenvalue weighted by Crippen LogP contribution is 2.22. The maximum atomic E-state index is 6.08. The van der Waals surface area contributed by atoms with Crippen LogP contribution in [0.15, 0.2) is 48.7 Å². The van der Waals surface area contributed by atoms with Crippen molar-refractivity contribution in [1.82, 2.24) is 4.98 Å². The Balaban J connectivity index is 2.02. The van der Waals surface area contributed by atoms with Crippen LogP contribution in [-0.2, 0) is 11.8 Å². The summed E-state index contributed by atoms with van der Waals surface area (Å²) in [6.45, 7) is 6.57. The van der Waals surface area contributed by atoms with Crippen LogP contribution in [0.25, 0.3) is 0 Å². The molecule has 1 heterocycles. The van der Waals surface area contributed by atoms with Crippen LogP contribution >= 0.6 is 11.6 Å². The lowest BCUT2D eigenvalue weighted by molar-refractivity contribution is 0.587. The van der Waals surface area contributed by atoms with E-state index in [2.05, 4.69) is 61.4 Å². The van der Waals surface area contributed by atoms with Gasteiger partial charge in [0.1, 0.15) is 5.82 Å². The van der Waals surface area contributed by atoms with Gasteiger partial charge in [0.15, 0.2) is 0 Å². The molecule has 112 valence electrons. The Morgan fingerprint density at radius 1 is 1.10 bits per heavy atom. The molecule has 2 aromatic rings. The van der Waals surface area contributed by atoms with Crippen molar-refractivity contribution in [2.75, 3.05) is 11.2 Å². The molecule has 0 fully saturated rings. The van der Waals surface area contributed by atoms with Gasteiger partial charge in [0, 0.05) is 18.1 Å². The quantitative estimate of drug-likeness (QED) is 0.814. The van der Waals surface area contributed by atoms with E-state index in [9.17, 15) is 0 Å². The summed E-state index contributed by atoms with van der Waals surface area (Å²) in [4.78, 5) is 4.50. The molecule has 0 saturated carbocycles. The van der Waals surface area contributed by atoms with E-state index < -0.39 is 0 Å². The van der Waals surface area contributed by atoms with Crippen molar-refractivity contribution >= 4 is 17.4 Å². The van der Waals surface area contributed by atoms with Crippen LogP contribution in [0, 0.1) is 0 Å². The molecule has 2 nitrogen and oxygen atoms in total. The van der Waals surface area contributed by atoms with Gasteiger partial charge in [-0.05, 0) is 29.0 Å². The summed E-state index contributed by atoms with van der Waals surface area (Å²) in [5.41, 5.74) is 2.64. The molecule has 0 radical (unpaired) electrons. The van der Waals surface area contributed by atoms with Gasteiger partial charge in [-0.25, -0.2) is 4.98 Å². The lowest BCUT2D eigenvalue weighted by Gasteiger charge is -2.20. The number of nitrogens with zero attached hydrogens (tertiary/aromatic N) is 1. The minimum absolute atomic E-state index is 0.126. The molecule has 0 saturated heterocycles. The Bertz CT molecular complexity index is 544. The minimum atomic E-state index is 0.126. The zero-order valence-corrected chi connectivity index (χ0v) is 13.7. The first-order chi connectivity index (χ1) is 9.99. The average molecular weight is 303 g/mol. The molecule has 0 aliphatic rings. The number of nitrogens with one attached hydrogen (secondary N) is 1. The summed E-state index contributed by atoms with van der Waals surface area (Å²) in [5.74, 6) is 1.43. The van der Waals surface area contributed by atoms with Gasteiger partial charge in [0.05, 0.1) is 0 Å². The van der Waals surface area contributed by atoms with Gasteiger partial charge in [-0.3, -0.25) is 0 Å². The predicted molar refractivity (Wildman–Crippen MR) is 91.2 cm³/mol. The molecule has 21 heavy (non-hydrogen) atoms. The van der Waals surface area contributed by atoms with E-state index >= 15 is 0 Å². The molecular formula is C18H23ClN2. The second kappa shape index (κ2) is 6.95. The minimum Gasteiger partial charge on any atom is -0.366 e. The van der Waals surface area contributed by atoms with Crippen LogP contribution in [0.4, 0.5) is 5.82 Å². The van der Waals surface area contributed by atoms with Crippen molar-refractivity contribution in [3.63, 3.8) is 0 Å². The number of pyridine rings is 1. The van der Waals surface area contributed by atoms with E-state index in [0.717, 1.165) is 12.2 Å². The number of halogens is 1. The molecule has 1 aromatic carbocycles. The first-order valence-corrected chi connectivity index (χ1v) is 7.85. The van der Waals surface area contributed by atoms with E-state index in [4.69, 9.17) is 11.6 Å². The largest absolute Gasteiger partial charge is 0.366 e. The zero-order chi connectivity index (χ0) is 15.3. The van der Waals surface area contributed by atoms with Gasteiger partial charge in [-0.1, -0.05) is 57.2 Å². The van der Waals surface area contributed by atoms with Crippen LogP contribution in [0.3, 0.4) is 0 Å². The summed E-state index contributed by atoms with van der Waals surface area (Å²) in [5, 5.41) is 3.41. The highest BCUT2D eigenvalue weighted by molar-refractivity contribution is 6.18. The molecule has 0 aliphatic heterocycles. The number of hydrogen-bond donors (Lipinski definition) is 1. The molecule has 0 aliphatic carbocycles. The maximum Gasteiger partial charge on any atom is 0.126 e. The van der Waals surface area contributed by atoms with Gasteiger partial charge in [0.25, 0.3) is 0 Å². The van der Waals surface area contributed by atoms with Crippen LogP contribution in [0.5, 0.6) is 0 Å². The molecule has 0 bridgehead atoms. The van der Waals surface area contributed by atoms with E-state index in [1.807, 2.05) is 18.3 Å². The summed E-state index contributed by atoms with van der Waals surface area (Å²) in [6.07, 6.45) is 2.84. The number of benzene rings is 1. The Labute approximate surface area is 132 Å². The smallest absolute Gasteiger partial charge is 0.126 e. The number of rotatable bonds is 5. The van der Waals surface area contributed by atoms with Crippen molar-refractivity contribution in [2.45, 2.75) is 38.6 Å². The van der Waals surface area contributed by atoms with Gasteiger partial charge < -0.3 is 5.32 Å². The third-order valence-corrected chi connectivity index (χ3v) is 3.87. The number of aromatic nitrogens is 1.